The number of likely N-dealkylation sites (tertiary alicyclic amines) is 1. The largest absolute Gasteiger partial charge is 0.385 e. The number of amides is 1. The van der Waals surface area contributed by atoms with Gasteiger partial charge in [0.05, 0.1) is 6.54 Å². The fraction of sp³-hybridized carbons (Fsp3) is 0.824. The van der Waals surface area contributed by atoms with Crippen LogP contribution in [0.5, 0.6) is 0 Å². The van der Waals surface area contributed by atoms with Crippen LogP contribution < -0.4 is 5.32 Å². The van der Waals surface area contributed by atoms with Crippen LogP contribution in [0.1, 0.15) is 44.8 Å². The van der Waals surface area contributed by atoms with Crippen LogP contribution in [-0.2, 0) is 22.5 Å². The Morgan fingerprint density at radius 3 is 2.83 bits per heavy atom. The third-order valence-electron chi connectivity index (χ3n) is 4.24. The van der Waals surface area contributed by atoms with Gasteiger partial charge in [0, 0.05) is 32.6 Å². The molecule has 136 valence electrons. The molecule has 7 heteroatoms. The number of carbonyl (C=O) groups is 1. The van der Waals surface area contributed by atoms with Gasteiger partial charge < -0.3 is 14.6 Å². The number of rotatable bonds is 9. The van der Waals surface area contributed by atoms with Gasteiger partial charge in [-0.1, -0.05) is 19.0 Å². The molecule has 0 aromatic carbocycles. The first-order chi connectivity index (χ1) is 11.6. The molecule has 1 aliphatic rings. The lowest BCUT2D eigenvalue weighted by Gasteiger charge is -2.30. The minimum absolute atomic E-state index is 0.114. The van der Waals surface area contributed by atoms with Crippen LogP contribution in [-0.4, -0.2) is 54.3 Å². The first kappa shape index (κ1) is 18.9. The molecule has 1 amide bonds. The fourth-order valence-corrected chi connectivity index (χ4v) is 2.92. The molecule has 1 aliphatic heterocycles. The minimum atomic E-state index is 0.114. The van der Waals surface area contributed by atoms with E-state index >= 15 is 0 Å². The summed E-state index contributed by atoms with van der Waals surface area (Å²) < 4.78 is 10.3. The van der Waals surface area contributed by atoms with E-state index in [0.717, 1.165) is 44.6 Å². The zero-order valence-corrected chi connectivity index (χ0v) is 15.1. The Morgan fingerprint density at radius 1 is 1.42 bits per heavy atom. The molecule has 1 aromatic heterocycles. The van der Waals surface area contributed by atoms with Crippen LogP contribution >= 0.6 is 0 Å². The van der Waals surface area contributed by atoms with E-state index in [2.05, 4.69) is 34.2 Å². The van der Waals surface area contributed by atoms with Crippen molar-refractivity contribution in [2.45, 2.75) is 46.1 Å². The number of nitrogens with zero attached hydrogens (tertiary/aromatic N) is 3. The molecular formula is C17H30N4O3. The van der Waals surface area contributed by atoms with E-state index in [1.54, 1.807) is 7.11 Å². The van der Waals surface area contributed by atoms with Crippen LogP contribution in [0.2, 0.25) is 0 Å². The highest BCUT2D eigenvalue weighted by molar-refractivity contribution is 5.78. The van der Waals surface area contributed by atoms with Crippen molar-refractivity contribution in [2.75, 3.05) is 33.4 Å². The number of piperidine rings is 1. The second kappa shape index (κ2) is 9.74. The number of hydrogen-bond acceptors (Lipinski definition) is 6. The SMILES string of the molecule is COCCCNC(=O)C1CCN(Cc2nc(CC(C)C)no2)CC1. The maximum absolute atomic E-state index is 12.1. The summed E-state index contributed by atoms with van der Waals surface area (Å²) >= 11 is 0. The molecule has 7 nitrogen and oxygen atoms in total. The molecule has 2 rings (SSSR count). The molecule has 1 saturated heterocycles. The molecule has 0 aliphatic carbocycles. The van der Waals surface area contributed by atoms with E-state index < -0.39 is 0 Å². The summed E-state index contributed by atoms with van der Waals surface area (Å²) in [5.41, 5.74) is 0. The summed E-state index contributed by atoms with van der Waals surface area (Å²) in [6.45, 7) is 8.10. The zero-order chi connectivity index (χ0) is 17.4. The molecule has 0 spiro atoms. The fourth-order valence-electron chi connectivity index (χ4n) is 2.92. The molecule has 1 fully saturated rings. The Labute approximate surface area is 144 Å². The number of nitrogens with one attached hydrogen (secondary N) is 1. The summed E-state index contributed by atoms with van der Waals surface area (Å²) in [5.74, 6) is 2.26. The van der Waals surface area contributed by atoms with E-state index in [-0.39, 0.29) is 11.8 Å². The van der Waals surface area contributed by atoms with Gasteiger partial charge in [-0.05, 0) is 38.3 Å². The molecule has 0 saturated carbocycles. The summed E-state index contributed by atoms with van der Waals surface area (Å²) in [4.78, 5) is 18.8. The van der Waals surface area contributed by atoms with Crippen molar-refractivity contribution < 1.29 is 14.1 Å². The van der Waals surface area contributed by atoms with Gasteiger partial charge in [0.1, 0.15) is 0 Å². The molecule has 0 atom stereocenters. The van der Waals surface area contributed by atoms with Crippen LogP contribution in [0.4, 0.5) is 0 Å². The Kier molecular flexibility index (Phi) is 7.65. The molecular weight excluding hydrogens is 308 g/mol. The first-order valence-electron chi connectivity index (χ1n) is 8.89. The van der Waals surface area contributed by atoms with Crippen LogP contribution in [0.15, 0.2) is 4.52 Å². The molecule has 0 radical (unpaired) electrons. The topological polar surface area (TPSA) is 80.5 Å². The Morgan fingerprint density at radius 2 is 2.17 bits per heavy atom. The summed E-state index contributed by atoms with van der Waals surface area (Å²) in [7, 11) is 1.67. The quantitative estimate of drug-likeness (QED) is 0.689. The standard InChI is InChI=1S/C17H30N4O3/c1-13(2)11-15-19-16(24-20-15)12-21-8-5-14(6-9-21)17(22)18-7-4-10-23-3/h13-14H,4-12H2,1-3H3,(H,18,22). The average Bonchev–Trinajstić information content (AvgIpc) is 2.98. The van der Waals surface area contributed by atoms with Crippen molar-refractivity contribution in [3.05, 3.63) is 11.7 Å². The van der Waals surface area contributed by atoms with Gasteiger partial charge in [0.25, 0.3) is 0 Å². The van der Waals surface area contributed by atoms with Crippen LogP contribution in [0, 0.1) is 11.8 Å². The number of ether oxygens (including phenoxy) is 1. The number of methoxy groups -OCH3 is 1. The van der Waals surface area contributed by atoms with Gasteiger partial charge in [-0.2, -0.15) is 4.98 Å². The molecule has 0 unspecified atom stereocenters. The third-order valence-corrected chi connectivity index (χ3v) is 4.24. The Hall–Kier alpha value is -1.47. The van der Waals surface area contributed by atoms with Gasteiger partial charge >= 0.3 is 0 Å². The lowest BCUT2D eigenvalue weighted by atomic mass is 9.96. The second-order valence-corrected chi connectivity index (χ2v) is 6.89. The lowest BCUT2D eigenvalue weighted by molar-refractivity contribution is -0.126. The van der Waals surface area contributed by atoms with Gasteiger partial charge in [-0.25, -0.2) is 0 Å². The Bertz CT molecular complexity index is 496. The summed E-state index contributed by atoms with van der Waals surface area (Å²) in [6.07, 6.45) is 3.46. The van der Waals surface area contributed by atoms with Crippen LogP contribution in [0.25, 0.3) is 0 Å². The number of carbonyl (C=O) groups excluding carboxylic acids is 1. The molecule has 1 N–H and O–H groups in total. The predicted molar refractivity (Wildman–Crippen MR) is 90.3 cm³/mol. The summed E-state index contributed by atoms with van der Waals surface area (Å²) in [5, 5.41) is 7.02. The van der Waals surface area contributed by atoms with Crippen LogP contribution in [0.3, 0.4) is 0 Å². The summed E-state index contributed by atoms with van der Waals surface area (Å²) in [6, 6.07) is 0. The van der Waals surface area contributed by atoms with Crippen molar-refractivity contribution in [3.63, 3.8) is 0 Å². The zero-order valence-electron chi connectivity index (χ0n) is 15.1. The highest BCUT2D eigenvalue weighted by atomic mass is 16.5. The van der Waals surface area contributed by atoms with E-state index in [1.165, 1.54) is 0 Å². The third kappa shape index (κ3) is 6.20. The van der Waals surface area contributed by atoms with E-state index in [9.17, 15) is 4.79 Å². The number of hydrogen-bond donors (Lipinski definition) is 1. The van der Waals surface area contributed by atoms with Crippen molar-refractivity contribution in [1.29, 1.82) is 0 Å². The van der Waals surface area contributed by atoms with Gasteiger partial charge in [-0.3, -0.25) is 9.69 Å². The predicted octanol–water partition coefficient (Wildman–Crippen LogP) is 1.63. The van der Waals surface area contributed by atoms with Crippen molar-refractivity contribution in [3.8, 4) is 0 Å². The maximum atomic E-state index is 12.1. The molecule has 1 aromatic rings. The maximum Gasteiger partial charge on any atom is 0.240 e. The van der Waals surface area contributed by atoms with Gasteiger partial charge in [0.15, 0.2) is 5.82 Å². The Balaban J connectivity index is 1.68. The average molecular weight is 338 g/mol. The van der Waals surface area contributed by atoms with Crippen molar-refractivity contribution in [2.24, 2.45) is 11.8 Å². The lowest BCUT2D eigenvalue weighted by Crippen LogP contribution is -2.40. The van der Waals surface area contributed by atoms with Gasteiger partial charge in [0.2, 0.25) is 11.8 Å². The van der Waals surface area contributed by atoms with E-state index in [1.807, 2.05) is 0 Å². The highest BCUT2D eigenvalue weighted by Crippen LogP contribution is 2.19. The second-order valence-electron chi connectivity index (χ2n) is 6.89. The van der Waals surface area contributed by atoms with Crippen molar-refractivity contribution in [1.82, 2.24) is 20.4 Å². The normalized spacial score (nSPS) is 16.7. The molecule has 0 bridgehead atoms. The van der Waals surface area contributed by atoms with Gasteiger partial charge in [-0.15, -0.1) is 0 Å². The molecule has 24 heavy (non-hydrogen) atoms. The van der Waals surface area contributed by atoms with E-state index in [0.29, 0.717) is 31.5 Å². The first-order valence-corrected chi connectivity index (χ1v) is 8.89. The number of aromatic nitrogens is 2. The van der Waals surface area contributed by atoms with Crippen molar-refractivity contribution >= 4 is 5.91 Å². The monoisotopic (exact) mass is 338 g/mol. The minimum Gasteiger partial charge on any atom is -0.385 e. The molecule has 2 heterocycles. The smallest absolute Gasteiger partial charge is 0.240 e. The highest BCUT2D eigenvalue weighted by Gasteiger charge is 2.25. The van der Waals surface area contributed by atoms with E-state index in [4.69, 9.17) is 9.26 Å².